The molecule has 1 unspecified atom stereocenters. The molecular formula is C29H34F3N3O2. The molecule has 37 heavy (non-hydrogen) atoms. The third-order valence-corrected chi connectivity index (χ3v) is 8.91. The van der Waals surface area contributed by atoms with Gasteiger partial charge in [-0.25, -0.2) is 13.2 Å². The average molecular weight is 514 g/mol. The van der Waals surface area contributed by atoms with E-state index in [0.717, 1.165) is 80.5 Å². The molecule has 0 N–H and O–H groups in total. The fourth-order valence-corrected chi connectivity index (χ4v) is 6.83. The maximum absolute atomic E-state index is 14.7. The molecule has 1 atom stereocenters. The molecule has 0 bridgehead atoms. The van der Waals surface area contributed by atoms with Crippen molar-refractivity contribution in [1.29, 1.82) is 0 Å². The van der Waals surface area contributed by atoms with E-state index < -0.39 is 12.0 Å². The zero-order valence-electron chi connectivity index (χ0n) is 21.2. The van der Waals surface area contributed by atoms with Crippen molar-refractivity contribution in [2.24, 2.45) is 5.92 Å². The first-order valence-corrected chi connectivity index (χ1v) is 13.8. The van der Waals surface area contributed by atoms with Crippen molar-refractivity contribution in [3.8, 4) is 0 Å². The van der Waals surface area contributed by atoms with Gasteiger partial charge in [0.1, 0.15) is 11.6 Å². The van der Waals surface area contributed by atoms with Crippen LogP contribution in [-0.4, -0.2) is 53.2 Å². The lowest BCUT2D eigenvalue weighted by atomic mass is 9.84. The molecule has 1 amide bonds. The molecule has 4 aliphatic rings. The number of alkyl halides is 1. The first-order valence-electron chi connectivity index (χ1n) is 13.8. The number of carbonyl (C=O) groups excluding carboxylic acids is 1. The van der Waals surface area contributed by atoms with Crippen LogP contribution in [0.2, 0.25) is 0 Å². The van der Waals surface area contributed by atoms with Crippen molar-refractivity contribution in [3.05, 3.63) is 52.4 Å². The van der Waals surface area contributed by atoms with Crippen LogP contribution in [0.4, 0.5) is 13.2 Å². The van der Waals surface area contributed by atoms with Crippen molar-refractivity contribution < 1.29 is 22.5 Å². The van der Waals surface area contributed by atoms with Gasteiger partial charge in [0.2, 0.25) is 5.91 Å². The molecule has 2 fully saturated rings. The van der Waals surface area contributed by atoms with Crippen LogP contribution in [0.1, 0.15) is 75.8 Å². The number of nitrogens with zero attached hydrogens (tertiary/aromatic N) is 3. The molecule has 198 valence electrons. The Labute approximate surface area is 215 Å². The smallest absolute Gasteiger partial charge is 0.229 e. The number of rotatable bonds is 5. The maximum atomic E-state index is 14.7. The Morgan fingerprint density at radius 2 is 1.78 bits per heavy atom. The molecule has 5 nitrogen and oxygen atoms in total. The Morgan fingerprint density at radius 1 is 1.00 bits per heavy atom. The number of likely N-dealkylation sites (tertiary alicyclic amines) is 1. The van der Waals surface area contributed by atoms with Gasteiger partial charge in [-0.2, -0.15) is 0 Å². The lowest BCUT2D eigenvalue weighted by molar-refractivity contribution is -0.133. The third kappa shape index (κ3) is 4.73. The molecule has 2 aliphatic heterocycles. The molecule has 1 aromatic carbocycles. The van der Waals surface area contributed by atoms with Gasteiger partial charge in [0.25, 0.3) is 0 Å². The van der Waals surface area contributed by atoms with Crippen LogP contribution in [-0.2, 0) is 4.79 Å². The molecule has 1 aromatic heterocycles. The number of amides is 1. The highest BCUT2D eigenvalue weighted by Crippen LogP contribution is 2.42. The van der Waals surface area contributed by atoms with Gasteiger partial charge in [0.15, 0.2) is 11.8 Å². The molecule has 8 heteroatoms. The van der Waals surface area contributed by atoms with E-state index in [2.05, 4.69) is 10.1 Å². The minimum Gasteiger partial charge on any atom is -0.356 e. The van der Waals surface area contributed by atoms with Crippen LogP contribution < -0.4 is 0 Å². The van der Waals surface area contributed by atoms with Crippen LogP contribution >= 0.6 is 0 Å². The fraction of sp³-hybridized carbons (Fsp3) is 0.586. The summed E-state index contributed by atoms with van der Waals surface area (Å²) in [5.41, 5.74) is 3.69. The normalized spacial score (nSPS) is 24.4. The van der Waals surface area contributed by atoms with E-state index in [1.807, 2.05) is 4.90 Å². The van der Waals surface area contributed by atoms with Crippen LogP contribution in [0.25, 0.3) is 11.0 Å². The fourth-order valence-electron chi connectivity index (χ4n) is 6.83. The summed E-state index contributed by atoms with van der Waals surface area (Å²) in [6.07, 6.45) is 6.07. The van der Waals surface area contributed by atoms with E-state index in [1.165, 1.54) is 12.1 Å². The van der Waals surface area contributed by atoms with E-state index >= 15 is 0 Å². The molecular weight excluding hydrogens is 479 g/mol. The molecule has 0 radical (unpaired) electrons. The number of hydrogen-bond donors (Lipinski definition) is 0. The summed E-state index contributed by atoms with van der Waals surface area (Å²) in [6.45, 7) is 2.98. The van der Waals surface area contributed by atoms with Crippen molar-refractivity contribution in [3.63, 3.8) is 0 Å². The number of hydrogen-bond acceptors (Lipinski definition) is 4. The summed E-state index contributed by atoms with van der Waals surface area (Å²) in [5.74, 6) is -0.461. The van der Waals surface area contributed by atoms with E-state index in [4.69, 9.17) is 4.52 Å². The highest BCUT2D eigenvalue weighted by molar-refractivity contribution is 5.82. The number of piperidine rings is 1. The van der Waals surface area contributed by atoms with Crippen molar-refractivity contribution >= 4 is 16.9 Å². The Bertz CT molecular complexity index is 1240. The standard InChI is InChI=1S/C29H34F3N3O2/c30-20-5-6-23-26(17-20)37-33-28(23)18-9-13-34(14-10-18)15-12-25-21-7-8-24(31)27(32)22(21)11-16-35(25)29(36)19-3-1-2-4-19/h5-6,17-19,24H,1-4,7-16H2. The second-order valence-electron chi connectivity index (χ2n) is 11.1. The van der Waals surface area contributed by atoms with Gasteiger partial charge in [0, 0.05) is 48.5 Å². The minimum absolute atomic E-state index is 0.0602. The third-order valence-electron chi connectivity index (χ3n) is 8.91. The number of fused-ring (bicyclic) bond motifs is 2. The summed E-state index contributed by atoms with van der Waals surface area (Å²) < 4.78 is 47.8. The number of benzene rings is 1. The van der Waals surface area contributed by atoms with E-state index in [0.29, 0.717) is 37.0 Å². The molecule has 1 saturated carbocycles. The summed E-state index contributed by atoms with van der Waals surface area (Å²) >= 11 is 0. The molecule has 2 aliphatic carbocycles. The number of carbonyl (C=O) groups is 1. The highest BCUT2D eigenvalue weighted by Gasteiger charge is 2.37. The first kappa shape index (κ1) is 24.7. The van der Waals surface area contributed by atoms with E-state index in [1.54, 1.807) is 6.07 Å². The largest absolute Gasteiger partial charge is 0.356 e. The average Bonchev–Trinajstić information content (AvgIpc) is 3.60. The molecule has 6 rings (SSSR count). The monoisotopic (exact) mass is 513 g/mol. The lowest BCUT2D eigenvalue weighted by Crippen LogP contribution is -2.41. The molecule has 0 spiro atoms. The zero-order chi connectivity index (χ0) is 25.5. The zero-order valence-corrected chi connectivity index (χ0v) is 21.2. The Balaban J connectivity index is 1.16. The predicted octanol–water partition coefficient (Wildman–Crippen LogP) is 6.57. The van der Waals surface area contributed by atoms with E-state index in [9.17, 15) is 18.0 Å². The van der Waals surface area contributed by atoms with Crippen molar-refractivity contribution in [2.75, 3.05) is 26.2 Å². The van der Waals surface area contributed by atoms with Gasteiger partial charge in [-0.15, -0.1) is 0 Å². The summed E-state index contributed by atoms with van der Waals surface area (Å²) in [5, 5.41) is 5.12. The minimum atomic E-state index is -1.51. The topological polar surface area (TPSA) is 49.6 Å². The Kier molecular flexibility index (Phi) is 6.86. The van der Waals surface area contributed by atoms with Gasteiger partial charge in [0.05, 0.1) is 5.69 Å². The Morgan fingerprint density at radius 3 is 2.57 bits per heavy atom. The number of aromatic nitrogens is 1. The van der Waals surface area contributed by atoms with E-state index in [-0.39, 0.29) is 30.0 Å². The maximum Gasteiger partial charge on any atom is 0.229 e. The highest BCUT2D eigenvalue weighted by atomic mass is 19.2. The second kappa shape index (κ2) is 10.3. The van der Waals surface area contributed by atoms with Gasteiger partial charge in [-0.3, -0.25) is 4.79 Å². The molecule has 1 saturated heterocycles. The lowest BCUT2D eigenvalue weighted by Gasteiger charge is -2.39. The van der Waals surface area contributed by atoms with Crippen molar-refractivity contribution in [2.45, 2.75) is 76.3 Å². The van der Waals surface area contributed by atoms with Crippen LogP contribution in [0.15, 0.2) is 45.4 Å². The second-order valence-corrected chi connectivity index (χ2v) is 11.1. The number of halogens is 3. The van der Waals surface area contributed by atoms with Crippen LogP contribution in [0, 0.1) is 11.7 Å². The van der Waals surface area contributed by atoms with Gasteiger partial charge >= 0.3 is 0 Å². The number of allylic oxidation sites excluding steroid dienone is 2. The van der Waals surface area contributed by atoms with Gasteiger partial charge in [-0.05, 0) is 81.3 Å². The predicted molar refractivity (Wildman–Crippen MR) is 135 cm³/mol. The quantitative estimate of drug-likeness (QED) is 0.454. The summed E-state index contributed by atoms with van der Waals surface area (Å²) in [7, 11) is 0. The van der Waals surface area contributed by atoms with Crippen molar-refractivity contribution in [1.82, 2.24) is 15.0 Å². The van der Waals surface area contributed by atoms with Crippen LogP contribution in [0.3, 0.4) is 0 Å². The first-order chi connectivity index (χ1) is 18.0. The summed E-state index contributed by atoms with van der Waals surface area (Å²) in [6, 6.07) is 4.56. The molecule has 3 heterocycles. The van der Waals surface area contributed by atoms with Crippen LogP contribution in [0.5, 0.6) is 0 Å². The SMILES string of the molecule is O=C(C1CCCC1)N1CCC2=C(F)C(F)CCC2=C1CCN1CCC(c2noc3cc(F)ccc23)CC1. The van der Waals surface area contributed by atoms with Gasteiger partial charge in [-0.1, -0.05) is 18.0 Å². The van der Waals surface area contributed by atoms with Gasteiger partial charge < -0.3 is 14.3 Å². The Hall–Kier alpha value is -2.61. The summed E-state index contributed by atoms with van der Waals surface area (Å²) in [4.78, 5) is 17.8. The molecule has 2 aromatic rings.